The Hall–Kier alpha value is -3.12. The number of nitrogens with one attached hydrogen (secondary N) is 2. The van der Waals surface area contributed by atoms with Crippen LogP contribution >= 0.6 is 0 Å². The van der Waals surface area contributed by atoms with Crippen molar-refractivity contribution >= 4 is 29.9 Å². The van der Waals surface area contributed by atoms with E-state index in [2.05, 4.69) is 16.7 Å². The molecular formula is C29H40BF3N4O6. The van der Waals surface area contributed by atoms with Crippen molar-refractivity contribution in [3.8, 4) is 6.07 Å². The Morgan fingerprint density at radius 2 is 1.98 bits per heavy atom. The molecule has 1 aromatic heterocycles. The van der Waals surface area contributed by atoms with Crippen molar-refractivity contribution in [3.05, 3.63) is 36.1 Å². The van der Waals surface area contributed by atoms with Gasteiger partial charge in [0.15, 0.2) is 0 Å². The highest BCUT2D eigenvalue weighted by molar-refractivity contribution is 6.43. The number of para-hydroxylation sites is 1. The Kier molecular flexibility index (Phi) is 12.4. The molecule has 43 heavy (non-hydrogen) atoms. The normalized spacial score (nSPS) is 18.3. The number of nitrogens with zero attached hydrogens (tertiary/aromatic N) is 2. The van der Waals surface area contributed by atoms with Crippen LogP contribution in [-0.2, 0) is 20.7 Å². The van der Waals surface area contributed by atoms with Gasteiger partial charge in [0, 0.05) is 11.9 Å². The van der Waals surface area contributed by atoms with Gasteiger partial charge in [-0.3, -0.25) is 14.9 Å². The van der Waals surface area contributed by atoms with Gasteiger partial charge >= 0.3 is 13.3 Å². The van der Waals surface area contributed by atoms with Gasteiger partial charge < -0.3 is 29.4 Å². The first-order chi connectivity index (χ1) is 20.3. The lowest BCUT2D eigenvalue weighted by atomic mass is 9.75. The van der Waals surface area contributed by atoms with E-state index in [9.17, 15) is 38.1 Å². The minimum absolute atomic E-state index is 0.0347. The third kappa shape index (κ3) is 9.96. The highest BCUT2D eigenvalue weighted by Crippen LogP contribution is 2.27. The fourth-order valence-corrected chi connectivity index (χ4v) is 5.51. The number of hydrogen-bond acceptors (Lipinski definition) is 8. The van der Waals surface area contributed by atoms with Crippen LogP contribution in [0.4, 0.5) is 13.2 Å². The molecule has 1 aromatic carbocycles. The average molecular weight is 608 g/mol. The fourth-order valence-electron chi connectivity index (χ4n) is 5.51. The van der Waals surface area contributed by atoms with Gasteiger partial charge in [0.25, 0.3) is 0 Å². The Morgan fingerprint density at radius 1 is 1.26 bits per heavy atom. The summed E-state index contributed by atoms with van der Waals surface area (Å²) in [6.07, 6.45) is -1.26. The number of amides is 2. The van der Waals surface area contributed by atoms with Crippen molar-refractivity contribution in [1.29, 1.82) is 5.26 Å². The minimum atomic E-state index is -4.61. The molecule has 0 saturated carbocycles. The molecule has 0 radical (unpaired) electrons. The van der Waals surface area contributed by atoms with Crippen LogP contribution in [0.2, 0.25) is 0 Å². The minimum Gasteiger partial charge on any atom is -0.464 e. The first-order valence-electron chi connectivity index (χ1n) is 14.5. The predicted molar refractivity (Wildman–Crippen MR) is 153 cm³/mol. The molecule has 4 N–H and O–H groups in total. The lowest BCUT2D eigenvalue weighted by Crippen LogP contribution is -2.56. The third-order valence-corrected chi connectivity index (χ3v) is 7.63. The van der Waals surface area contributed by atoms with E-state index in [1.54, 1.807) is 29.2 Å². The van der Waals surface area contributed by atoms with Gasteiger partial charge in [-0.25, -0.2) is 0 Å². The zero-order valence-electron chi connectivity index (χ0n) is 24.6. The number of fused-ring (bicyclic) bond motifs is 1. The largest absolute Gasteiger partial charge is 0.475 e. The number of benzene rings is 1. The Balaban J connectivity index is 1.65. The van der Waals surface area contributed by atoms with Crippen LogP contribution in [0, 0.1) is 29.1 Å². The fraction of sp³-hybridized carbons (Fsp3) is 0.621. The van der Waals surface area contributed by atoms with Crippen molar-refractivity contribution in [2.75, 3.05) is 26.3 Å². The molecule has 236 valence electrons. The summed E-state index contributed by atoms with van der Waals surface area (Å²) in [5.74, 6) is -3.10. The summed E-state index contributed by atoms with van der Waals surface area (Å²) in [4.78, 5) is 27.9. The number of likely N-dealkylation sites (tertiary alicyclic amines) is 1. The van der Waals surface area contributed by atoms with E-state index < -0.39 is 50.3 Å². The maximum Gasteiger partial charge on any atom is 0.475 e. The maximum atomic E-state index is 13.2. The van der Waals surface area contributed by atoms with Crippen LogP contribution in [0.3, 0.4) is 0 Å². The van der Waals surface area contributed by atoms with Gasteiger partial charge in [0.05, 0.1) is 44.1 Å². The number of carbonyl (C=O) groups excluding carboxylic acids is 2. The second-order valence-corrected chi connectivity index (χ2v) is 11.6. The molecule has 2 unspecified atom stereocenters. The molecule has 0 bridgehead atoms. The molecular weight excluding hydrogens is 568 g/mol. The summed E-state index contributed by atoms with van der Waals surface area (Å²) in [6, 6.07) is 7.29. The molecule has 3 rings (SSSR count). The number of alkyl halides is 3. The van der Waals surface area contributed by atoms with Gasteiger partial charge in [-0.05, 0) is 49.1 Å². The lowest BCUT2D eigenvalue weighted by molar-refractivity contribution is -0.139. The van der Waals surface area contributed by atoms with E-state index in [0.29, 0.717) is 48.3 Å². The Labute approximate surface area is 249 Å². The van der Waals surface area contributed by atoms with Crippen molar-refractivity contribution in [2.45, 2.75) is 70.7 Å². The van der Waals surface area contributed by atoms with Crippen LogP contribution in [0.1, 0.15) is 45.6 Å². The van der Waals surface area contributed by atoms with E-state index in [4.69, 9.17) is 9.15 Å². The van der Waals surface area contributed by atoms with E-state index >= 15 is 0 Å². The van der Waals surface area contributed by atoms with Gasteiger partial charge in [0.2, 0.25) is 11.8 Å². The standard InChI is InChI=1S/C29H40BF3N4O6/c1-18(2)11-19(3)23(13-34)28(39)37-10-6-7-21(37)15-42-16-24(35-17-29(31,32)33)27(38)36-26(30(40)41)12-20-14-43-25-9-5-4-8-22(20)25/h4-5,8-9,14,18-19,21,23-24,26,35,40-41H,6-7,10-12,15-17H2,1-3H3,(H,36,38)/t19?,21-,23?,24+,26+/m1/s1. The van der Waals surface area contributed by atoms with E-state index in [1.165, 1.54) is 6.26 Å². The maximum absolute atomic E-state index is 13.2. The number of furan rings is 1. The van der Waals surface area contributed by atoms with E-state index in [0.717, 1.165) is 0 Å². The SMILES string of the molecule is CC(C)CC(C)C(C#N)C(=O)N1CCC[C@@H]1COC[C@H](NCC(F)(F)F)C(=O)N[C@@H](Cc1coc2ccccc12)B(O)O. The van der Waals surface area contributed by atoms with Crippen LogP contribution < -0.4 is 10.6 Å². The zero-order valence-corrected chi connectivity index (χ0v) is 24.6. The highest BCUT2D eigenvalue weighted by Gasteiger charge is 2.37. The van der Waals surface area contributed by atoms with Crippen LogP contribution in [0.25, 0.3) is 11.0 Å². The van der Waals surface area contributed by atoms with Gasteiger partial charge in [-0.15, -0.1) is 0 Å². The average Bonchev–Trinajstić information content (AvgIpc) is 3.56. The number of ether oxygens (including phenoxy) is 1. The second kappa shape index (κ2) is 15.6. The molecule has 2 heterocycles. The molecule has 0 aliphatic carbocycles. The summed E-state index contributed by atoms with van der Waals surface area (Å²) < 4.78 is 50.2. The summed E-state index contributed by atoms with van der Waals surface area (Å²) in [7, 11) is -2.01. The molecule has 1 saturated heterocycles. The molecule has 5 atom stereocenters. The summed E-state index contributed by atoms with van der Waals surface area (Å²) in [5.41, 5.74) is 1.14. The number of halogens is 3. The topological polar surface area (TPSA) is 148 Å². The number of nitriles is 1. The van der Waals surface area contributed by atoms with Crippen LogP contribution in [-0.4, -0.2) is 84.4 Å². The molecule has 1 fully saturated rings. The molecule has 2 amide bonds. The molecule has 1 aliphatic rings. The Bertz CT molecular complexity index is 1250. The highest BCUT2D eigenvalue weighted by atomic mass is 19.4. The van der Waals surface area contributed by atoms with Crippen LogP contribution in [0.15, 0.2) is 34.9 Å². The predicted octanol–water partition coefficient (Wildman–Crippen LogP) is 2.82. The first-order valence-corrected chi connectivity index (χ1v) is 14.5. The summed E-state index contributed by atoms with van der Waals surface area (Å²) in [6.45, 7) is 4.37. The molecule has 10 nitrogen and oxygen atoms in total. The van der Waals surface area contributed by atoms with Gasteiger partial charge in [0.1, 0.15) is 17.5 Å². The molecule has 14 heteroatoms. The van der Waals surface area contributed by atoms with Crippen molar-refractivity contribution in [2.24, 2.45) is 17.8 Å². The monoisotopic (exact) mass is 608 g/mol. The molecule has 2 aromatic rings. The first kappa shape index (κ1) is 34.4. The quantitative estimate of drug-likeness (QED) is 0.226. The summed E-state index contributed by atoms with van der Waals surface area (Å²) >= 11 is 0. The zero-order chi connectivity index (χ0) is 31.7. The van der Waals surface area contributed by atoms with Gasteiger partial charge in [-0.2, -0.15) is 18.4 Å². The number of rotatable bonds is 15. The van der Waals surface area contributed by atoms with Crippen molar-refractivity contribution < 1.29 is 42.0 Å². The van der Waals surface area contributed by atoms with E-state index in [1.807, 2.05) is 20.8 Å². The molecule has 0 spiro atoms. The smallest absolute Gasteiger partial charge is 0.464 e. The van der Waals surface area contributed by atoms with E-state index in [-0.39, 0.29) is 30.9 Å². The number of carbonyl (C=O) groups is 2. The lowest BCUT2D eigenvalue weighted by Gasteiger charge is -2.29. The second-order valence-electron chi connectivity index (χ2n) is 11.6. The summed E-state index contributed by atoms with van der Waals surface area (Å²) in [5, 5.41) is 34.8. The molecule has 1 aliphatic heterocycles. The van der Waals surface area contributed by atoms with Crippen molar-refractivity contribution in [1.82, 2.24) is 15.5 Å². The third-order valence-electron chi connectivity index (χ3n) is 7.63. The van der Waals surface area contributed by atoms with Crippen LogP contribution in [0.5, 0.6) is 0 Å². The Morgan fingerprint density at radius 3 is 2.63 bits per heavy atom. The van der Waals surface area contributed by atoms with Gasteiger partial charge in [-0.1, -0.05) is 39.0 Å². The number of hydrogen-bond donors (Lipinski definition) is 4. The van der Waals surface area contributed by atoms with Crippen molar-refractivity contribution in [3.63, 3.8) is 0 Å².